The summed E-state index contributed by atoms with van der Waals surface area (Å²) in [6.07, 6.45) is 1.30. The minimum Gasteiger partial charge on any atom is -0.398 e. The summed E-state index contributed by atoms with van der Waals surface area (Å²) in [5.41, 5.74) is 2.01. The van der Waals surface area contributed by atoms with Crippen molar-refractivity contribution in [1.29, 1.82) is 5.26 Å². The minimum atomic E-state index is -1.22. The average Bonchev–Trinajstić information content (AvgIpc) is 2.58. The van der Waals surface area contributed by atoms with Crippen LogP contribution >= 0.6 is 0 Å². The summed E-state index contributed by atoms with van der Waals surface area (Å²) in [6.45, 7) is 5.96. The number of hydrogen-bond acceptors (Lipinski definition) is 2. The van der Waals surface area contributed by atoms with E-state index >= 15 is 0 Å². The molecule has 15 heavy (non-hydrogen) atoms. The Kier molecular flexibility index (Phi) is 2.53. The lowest BCUT2D eigenvalue weighted by molar-refractivity contribution is 0.982. The van der Waals surface area contributed by atoms with E-state index in [1.165, 1.54) is 18.2 Å². The number of benzene rings is 1. The summed E-state index contributed by atoms with van der Waals surface area (Å²) in [6, 6.07) is 11.6. The van der Waals surface area contributed by atoms with Crippen molar-refractivity contribution in [3.05, 3.63) is 29.8 Å². The van der Waals surface area contributed by atoms with E-state index in [0.717, 1.165) is 12.1 Å². The lowest BCUT2D eigenvalue weighted by Crippen LogP contribution is -2.43. The van der Waals surface area contributed by atoms with Crippen LogP contribution in [-0.4, -0.2) is 14.8 Å². The molecule has 78 valence electrons. The first-order chi connectivity index (χ1) is 7.13. The van der Waals surface area contributed by atoms with Gasteiger partial charge in [-0.15, -0.1) is 0 Å². The van der Waals surface area contributed by atoms with Gasteiger partial charge in [0.2, 0.25) is 0 Å². The van der Waals surface area contributed by atoms with Crippen molar-refractivity contribution in [2.45, 2.75) is 25.6 Å². The second-order valence-electron chi connectivity index (χ2n) is 4.73. The van der Waals surface area contributed by atoms with Gasteiger partial charge in [-0.05, 0) is 30.7 Å². The van der Waals surface area contributed by atoms with Crippen LogP contribution in [0.3, 0.4) is 0 Å². The normalized spacial score (nSPS) is 18.9. The highest BCUT2D eigenvalue weighted by atomic mass is 28.3. The van der Waals surface area contributed by atoms with Crippen molar-refractivity contribution in [2.75, 3.05) is 11.1 Å². The third-order valence-corrected chi connectivity index (χ3v) is 6.71. The quantitative estimate of drug-likeness (QED) is 0.675. The second kappa shape index (κ2) is 3.71. The maximum absolute atomic E-state index is 8.88. The first-order valence-electron chi connectivity index (χ1n) is 5.41. The fraction of sp³-hybridized carbons (Fsp3) is 0.417. The summed E-state index contributed by atoms with van der Waals surface area (Å²) in [7, 11) is -1.22. The highest BCUT2D eigenvalue weighted by Gasteiger charge is 2.34. The molecule has 1 aliphatic heterocycles. The molecule has 1 aliphatic rings. The summed E-state index contributed by atoms with van der Waals surface area (Å²) in [5.74, 6) is 0. The standard InChI is InChI=1S/C12H16N2Si/c1-15(2)8-4-7-14(15)12-6-3-5-11(9-12)10-13/h3,5-6,9H,4,7-8H2,1-2H3. The molecule has 1 heterocycles. The number of hydrogen-bond donors (Lipinski definition) is 0. The molecule has 1 fully saturated rings. The monoisotopic (exact) mass is 216 g/mol. The highest BCUT2D eigenvalue weighted by molar-refractivity contribution is 6.81. The molecule has 0 radical (unpaired) electrons. The molecule has 0 saturated carbocycles. The number of nitriles is 1. The molecule has 0 unspecified atom stereocenters. The van der Waals surface area contributed by atoms with Gasteiger partial charge >= 0.3 is 0 Å². The topological polar surface area (TPSA) is 27.0 Å². The first kappa shape index (κ1) is 10.3. The van der Waals surface area contributed by atoms with E-state index < -0.39 is 8.24 Å². The zero-order valence-corrected chi connectivity index (χ0v) is 10.3. The van der Waals surface area contributed by atoms with Gasteiger partial charge in [-0.25, -0.2) is 0 Å². The van der Waals surface area contributed by atoms with Crippen LogP contribution in [0, 0.1) is 11.3 Å². The number of anilines is 1. The first-order valence-corrected chi connectivity index (χ1v) is 8.57. The van der Waals surface area contributed by atoms with Crippen LogP contribution in [0.2, 0.25) is 19.1 Å². The van der Waals surface area contributed by atoms with Crippen LogP contribution in [0.5, 0.6) is 0 Å². The van der Waals surface area contributed by atoms with Gasteiger partial charge in [0.1, 0.15) is 0 Å². The fourth-order valence-corrected chi connectivity index (χ4v) is 5.22. The van der Waals surface area contributed by atoms with Crippen LogP contribution < -0.4 is 4.57 Å². The molecule has 0 aliphatic carbocycles. The van der Waals surface area contributed by atoms with E-state index in [9.17, 15) is 0 Å². The van der Waals surface area contributed by atoms with Crippen molar-refractivity contribution in [2.24, 2.45) is 0 Å². The summed E-state index contributed by atoms with van der Waals surface area (Å²) in [4.78, 5) is 0. The van der Waals surface area contributed by atoms with Crippen molar-refractivity contribution < 1.29 is 0 Å². The third-order valence-electron chi connectivity index (χ3n) is 3.19. The van der Waals surface area contributed by atoms with Crippen LogP contribution in [0.4, 0.5) is 5.69 Å². The predicted molar refractivity (Wildman–Crippen MR) is 65.4 cm³/mol. The Hall–Kier alpha value is -1.27. The molecule has 1 aromatic rings. The molecule has 0 atom stereocenters. The Bertz CT molecular complexity index is 406. The molecule has 0 N–H and O–H groups in total. The number of rotatable bonds is 1. The Balaban J connectivity index is 2.34. The molecule has 0 spiro atoms. The van der Waals surface area contributed by atoms with Crippen LogP contribution in [0.1, 0.15) is 12.0 Å². The molecule has 3 heteroatoms. The van der Waals surface area contributed by atoms with Crippen molar-refractivity contribution in [3.63, 3.8) is 0 Å². The van der Waals surface area contributed by atoms with E-state index in [1.807, 2.05) is 18.2 Å². The van der Waals surface area contributed by atoms with Gasteiger partial charge in [0.25, 0.3) is 0 Å². The average molecular weight is 216 g/mol. The Labute approximate surface area is 92.2 Å². The maximum Gasteiger partial charge on any atom is 0.150 e. The Morgan fingerprint density at radius 1 is 1.40 bits per heavy atom. The molecule has 0 aromatic heterocycles. The van der Waals surface area contributed by atoms with Gasteiger partial charge in [0.15, 0.2) is 8.24 Å². The molecule has 2 rings (SSSR count). The van der Waals surface area contributed by atoms with E-state index in [1.54, 1.807) is 0 Å². The van der Waals surface area contributed by atoms with E-state index in [-0.39, 0.29) is 0 Å². The second-order valence-corrected chi connectivity index (χ2v) is 9.39. The zero-order chi connectivity index (χ0) is 10.9. The van der Waals surface area contributed by atoms with Gasteiger partial charge in [0.05, 0.1) is 11.6 Å². The molecule has 1 aromatic carbocycles. The van der Waals surface area contributed by atoms with Gasteiger partial charge in [-0.3, -0.25) is 0 Å². The maximum atomic E-state index is 8.88. The summed E-state index contributed by atoms with van der Waals surface area (Å²) in [5, 5.41) is 8.88. The van der Waals surface area contributed by atoms with Crippen molar-refractivity contribution in [3.8, 4) is 6.07 Å². The summed E-state index contributed by atoms with van der Waals surface area (Å²) < 4.78 is 2.54. The van der Waals surface area contributed by atoms with Gasteiger partial charge in [-0.2, -0.15) is 5.26 Å². The Morgan fingerprint density at radius 3 is 2.80 bits per heavy atom. The lowest BCUT2D eigenvalue weighted by atomic mass is 10.2. The van der Waals surface area contributed by atoms with Crippen LogP contribution in [0.25, 0.3) is 0 Å². The van der Waals surface area contributed by atoms with Crippen molar-refractivity contribution >= 4 is 13.9 Å². The van der Waals surface area contributed by atoms with Gasteiger partial charge in [0, 0.05) is 12.2 Å². The third kappa shape index (κ3) is 1.90. The molecule has 2 nitrogen and oxygen atoms in total. The SMILES string of the molecule is C[Si]1(C)CCCN1c1cccc(C#N)c1. The zero-order valence-electron chi connectivity index (χ0n) is 9.33. The number of nitrogens with zero attached hydrogens (tertiary/aromatic N) is 2. The van der Waals surface area contributed by atoms with E-state index in [4.69, 9.17) is 5.26 Å². The highest BCUT2D eigenvalue weighted by Crippen LogP contribution is 2.31. The lowest BCUT2D eigenvalue weighted by Gasteiger charge is -2.32. The van der Waals surface area contributed by atoms with Crippen molar-refractivity contribution in [1.82, 2.24) is 0 Å². The molecule has 1 saturated heterocycles. The molecular weight excluding hydrogens is 200 g/mol. The summed E-state index contributed by atoms with van der Waals surface area (Å²) >= 11 is 0. The van der Waals surface area contributed by atoms with E-state index in [0.29, 0.717) is 0 Å². The minimum absolute atomic E-state index is 0.768. The molecule has 0 bridgehead atoms. The smallest absolute Gasteiger partial charge is 0.150 e. The van der Waals surface area contributed by atoms with Gasteiger partial charge in [-0.1, -0.05) is 19.2 Å². The fourth-order valence-electron chi connectivity index (χ4n) is 2.33. The van der Waals surface area contributed by atoms with Crippen LogP contribution in [-0.2, 0) is 0 Å². The van der Waals surface area contributed by atoms with Crippen LogP contribution in [0.15, 0.2) is 24.3 Å². The predicted octanol–water partition coefficient (Wildman–Crippen LogP) is 2.97. The Morgan fingerprint density at radius 2 is 2.20 bits per heavy atom. The van der Waals surface area contributed by atoms with Gasteiger partial charge < -0.3 is 4.57 Å². The largest absolute Gasteiger partial charge is 0.398 e. The molecule has 0 amide bonds. The molecular formula is C12H16N2Si. The van der Waals surface area contributed by atoms with E-state index in [2.05, 4.69) is 29.8 Å².